The molecule has 33 heavy (non-hydrogen) atoms. The molecule has 13 heteroatoms. The molecule has 182 valence electrons. The van der Waals surface area contributed by atoms with Crippen molar-refractivity contribution in [2.45, 2.75) is 32.6 Å². The summed E-state index contributed by atoms with van der Waals surface area (Å²) >= 11 is 0. The van der Waals surface area contributed by atoms with Gasteiger partial charge in [0.05, 0.1) is 17.7 Å². The molecule has 2 rings (SSSR count). The first-order valence-electron chi connectivity index (χ1n) is 10.2. The number of hydrogen-bond acceptors (Lipinski definition) is 4. The van der Waals surface area contributed by atoms with E-state index in [0.717, 1.165) is 35.1 Å². The van der Waals surface area contributed by atoms with Gasteiger partial charge < -0.3 is 5.32 Å². The van der Waals surface area contributed by atoms with E-state index in [2.05, 4.69) is 20.8 Å². The van der Waals surface area contributed by atoms with E-state index < -0.39 is 35.0 Å². The molecule has 0 bridgehead atoms. The third kappa shape index (κ3) is 8.17. The number of carbonyl (C=O) groups excluding carboxylic acids is 1. The van der Waals surface area contributed by atoms with Crippen LogP contribution in [0.5, 0.6) is 0 Å². The predicted octanol–water partition coefficient (Wildman–Crippen LogP) is 2.39. The van der Waals surface area contributed by atoms with Crippen LogP contribution < -0.4 is 15.8 Å². The van der Waals surface area contributed by atoms with E-state index in [1.165, 1.54) is 6.20 Å². The van der Waals surface area contributed by atoms with Gasteiger partial charge >= 0.3 is 12.4 Å². The quantitative estimate of drug-likeness (QED) is 0.212. The lowest BCUT2D eigenvalue weighted by Crippen LogP contribution is -3.19. The number of aromatic nitrogens is 3. The van der Waals surface area contributed by atoms with Gasteiger partial charge in [0.15, 0.2) is 5.82 Å². The minimum atomic E-state index is -4.98. The second-order valence-corrected chi connectivity index (χ2v) is 7.10. The van der Waals surface area contributed by atoms with E-state index in [-0.39, 0.29) is 11.9 Å². The lowest BCUT2D eigenvalue weighted by Gasteiger charge is -2.18. The maximum Gasteiger partial charge on any atom is 0.416 e. The van der Waals surface area contributed by atoms with E-state index in [1.807, 2.05) is 13.8 Å². The van der Waals surface area contributed by atoms with Gasteiger partial charge in [-0.25, -0.2) is 14.7 Å². The summed E-state index contributed by atoms with van der Waals surface area (Å²) in [6.07, 6.45) is -5.68. The first kappa shape index (κ1) is 26.3. The molecule has 0 aliphatic carbocycles. The number of nitrogens with zero attached hydrogens (tertiary/aromatic N) is 3. The average Bonchev–Trinajstić information content (AvgIpc) is 3.20. The second kappa shape index (κ2) is 11.3. The molecule has 3 N–H and O–H groups in total. The number of halogens is 6. The Hall–Kier alpha value is -2.93. The van der Waals surface area contributed by atoms with Gasteiger partial charge in [-0.3, -0.25) is 4.79 Å². The fourth-order valence-electron chi connectivity index (χ4n) is 2.89. The van der Waals surface area contributed by atoms with Crippen LogP contribution in [0.4, 0.5) is 26.3 Å². The van der Waals surface area contributed by atoms with Gasteiger partial charge in [0.25, 0.3) is 5.91 Å². The normalized spacial score (nSPS) is 13.5. The topological polar surface area (TPSA) is 76.3 Å². The van der Waals surface area contributed by atoms with Crippen LogP contribution in [-0.4, -0.2) is 46.9 Å². The summed E-state index contributed by atoms with van der Waals surface area (Å²) in [6.45, 7) is 6.82. The van der Waals surface area contributed by atoms with Crippen molar-refractivity contribution >= 4 is 12.1 Å². The van der Waals surface area contributed by atoms with Crippen LogP contribution in [0.25, 0.3) is 17.6 Å². The minimum absolute atomic E-state index is 0.0329. The Morgan fingerprint density at radius 1 is 1.06 bits per heavy atom. The summed E-state index contributed by atoms with van der Waals surface area (Å²) in [5.74, 6) is -0.786. The van der Waals surface area contributed by atoms with Crippen LogP contribution in [0.15, 0.2) is 30.6 Å². The van der Waals surface area contributed by atoms with Crippen LogP contribution >= 0.6 is 0 Å². The molecule has 2 aromatic rings. The Morgan fingerprint density at radius 3 is 2.24 bits per heavy atom. The van der Waals surface area contributed by atoms with Gasteiger partial charge in [0.1, 0.15) is 12.9 Å². The Labute approximate surface area is 186 Å². The average molecular weight is 479 g/mol. The number of likely N-dealkylation sites (N-methyl/N-ethyl adjacent to an activating group) is 1. The maximum atomic E-state index is 13.0. The molecule has 0 saturated heterocycles. The summed E-state index contributed by atoms with van der Waals surface area (Å²) < 4.78 is 79.3. The number of nitrogens with one attached hydrogen (secondary N) is 3. The number of amides is 1. The lowest BCUT2D eigenvalue weighted by atomic mass is 10.0. The lowest BCUT2D eigenvalue weighted by molar-refractivity contribution is -0.934. The number of quaternary nitrogens is 1. The number of benzene rings is 1. The van der Waals surface area contributed by atoms with Crippen LogP contribution in [0.1, 0.15) is 31.4 Å². The van der Waals surface area contributed by atoms with Crippen molar-refractivity contribution in [1.29, 1.82) is 0 Å². The van der Waals surface area contributed by atoms with Gasteiger partial charge in [-0.1, -0.05) is 13.8 Å². The third-order valence-corrected chi connectivity index (χ3v) is 4.44. The fourth-order valence-corrected chi connectivity index (χ4v) is 2.89. The van der Waals surface area contributed by atoms with Crippen molar-refractivity contribution in [3.8, 4) is 11.4 Å². The standard InChI is InChI=1S/C20H24F6N6O/c1-3-7-31(9-6-27-4-2)29-17(33)5-8-32-13-28-18(30-32)14-10-15(19(21,22)23)12-16(11-14)20(24,25)26/h5,8,10-13,27H,3-4,6-7,9H2,1-2H3,(H,29,33)/p+1/b8-5-. The third-order valence-electron chi connectivity index (χ3n) is 4.44. The van der Waals surface area contributed by atoms with Gasteiger partial charge in [-0.05, 0) is 31.2 Å². The van der Waals surface area contributed by atoms with E-state index in [0.29, 0.717) is 31.8 Å². The van der Waals surface area contributed by atoms with Crippen LogP contribution in [0.2, 0.25) is 0 Å². The highest BCUT2D eigenvalue weighted by Gasteiger charge is 2.37. The zero-order chi connectivity index (χ0) is 24.6. The molecule has 1 amide bonds. The highest BCUT2D eigenvalue weighted by Crippen LogP contribution is 2.37. The van der Waals surface area contributed by atoms with Crippen molar-refractivity contribution in [2.75, 3.05) is 26.2 Å². The maximum absolute atomic E-state index is 13.0. The highest BCUT2D eigenvalue weighted by molar-refractivity contribution is 5.89. The molecular weight excluding hydrogens is 454 g/mol. The molecule has 1 unspecified atom stereocenters. The molecule has 1 heterocycles. The molecule has 0 aliphatic rings. The van der Waals surface area contributed by atoms with Crippen molar-refractivity contribution < 1.29 is 36.1 Å². The zero-order valence-corrected chi connectivity index (χ0v) is 18.0. The van der Waals surface area contributed by atoms with Crippen molar-refractivity contribution in [3.05, 3.63) is 41.7 Å². The Bertz CT molecular complexity index is 921. The summed E-state index contributed by atoms with van der Waals surface area (Å²) in [5.41, 5.74) is -0.601. The van der Waals surface area contributed by atoms with Gasteiger partial charge in [0.2, 0.25) is 0 Å². The van der Waals surface area contributed by atoms with Crippen molar-refractivity contribution in [3.63, 3.8) is 0 Å². The number of rotatable bonds is 10. The molecule has 0 spiro atoms. The SMILES string of the molecule is CCC[NH+](CCNCC)NC(=O)/C=C\n1cnc(-c2cc(C(F)(F)F)cc(C(F)(F)F)c2)n1. The zero-order valence-electron chi connectivity index (χ0n) is 18.0. The molecular formula is C20H25F6N6O+. The van der Waals surface area contributed by atoms with Crippen LogP contribution in [0, 0.1) is 0 Å². The minimum Gasteiger partial charge on any atom is -0.312 e. The second-order valence-electron chi connectivity index (χ2n) is 7.10. The van der Waals surface area contributed by atoms with E-state index in [1.54, 1.807) is 0 Å². The monoisotopic (exact) mass is 479 g/mol. The number of alkyl halides is 6. The highest BCUT2D eigenvalue weighted by atomic mass is 19.4. The molecule has 1 aromatic carbocycles. The molecule has 7 nitrogen and oxygen atoms in total. The summed E-state index contributed by atoms with van der Waals surface area (Å²) in [6, 6.07) is 1.12. The van der Waals surface area contributed by atoms with Crippen molar-refractivity contribution in [1.82, 2.24) is 25.5 Å². The van der Waals surface area contributed by atoms with E-state index in [9.17, 15) is 31.1 Å². The molecule has 0 fully saturated rings. The summed E-state index contributed by atoms with van der Waals surface area (Å²) in [7, 11) is 0. The first-order chi connectivity index (χ1) is 15.4. The molecule has 1 aromatic heterocycles. The largest absolute Gasteiger partial charge is 0.416 e. The number of hydrogen-bond donors (Lipinski definition) is 3. The Morgan fingerprint density at radius 2 is 1.70 bits per heavy atom. The fraction of sp³-hybridized carbons (Fsp3) is 0.450. The number of carbonyl (C=O) groups is 1. The Balaban J connectivity index is 2.17. The van der Waals surface area contributed by atoms with Crippen molar-refractivity contribution in [2.24, 2.45) is 0 Å². The molecule has 0 saturated carbocycles. The van der Waals surface area contributed by atoms with Crippen LogP contribution in [0.3, 0.4) is 0 Å². The van der Waals surface area contributed by atoms with Gasteiger partial charge in [-0.2, -0.15) is 31.8 Å². The predicted molar refractivity (Wildman–Crippen MR) is 108 cm³/mol. The first-order valence-corrected chi connectivity index (χ1v) is 10.2. The van der Waals surface area contributed by atoms with Gasteiger partial charge in [-0.15, -0.1) is 5.10 Å². The molecule has 0 radical (unpaired) electrons. The van der Waals surface area contributed by atoms with Gasteiger partial charge in [0, 0.05) is 24.4 Å². The summed E-state index contributed by atoms with van der Waals surface area (Å²) in [5, 5.41) is 7.87. The van der Waals surface area contributed by atoms with E-state index >= 15 is 0 Å². The summed E-state index contributed by atoms with van der Waals surface area (Å²) in [4.78, 5) is 15.9. The molecule has 1 atom stereocenters. The van der Waals surface area contributed by atoms with Crippen LogP contribution in [-0.2, 0) is 17.1 Å². The molecule has 0 aliphatic heterocycles. The van der Waals surface area contributed by atoms with E-state index in [4.69, 9.17) is 0 Å². The Kier molecular flexibility index (Phi) is 8.99. The smallest absolute Gasteiger partial charge is 0.312 e.